The Labute approximate surface area is 146 Å². The van der Waals surface area contributed by atoms with Gasteiger partial charge < -0.3 is 10.6 Å². The van der Waals surface area contributed by atoms with Gasteiger partial charge in [0.05, 0.1) is 11.8 Å². The van der Waals surface area contributed by atoms with Crippen molar-refractivity contribution < 1.29 is 9.59 Å². The standard InChI is InChI=1S/C19H19ClN2O2/c20-17-9-5-4-8-14(17)12-22-19(24)16-10-15(16)18(23)21-11-13-6-2-1-3-7-13/h1-9,15-16H,10-12H2,(H,21,23)(H,22,24). The molecule has 1 fully saturated rings. The SMILES string of the molecule is O=C(NCc1ccccc1)C1CC1C(=O)NCc1ccccc1Cl. The lowest BCUT2D eigenvalue weighted by molar-refractivity contribution is -0.127. The summed E-state index contributed by atoms with van der Waals surface area (Å²) < 4.78 is 0. The molecule has 0 saturated heterocycles. The van der Waals surface area contributed by atoms with E-state index in [0.717, 1.165) is 11.1 Å². The molecule has 1 aliphatic rings. The summed E-state index contributed by atoms with van der Waals surface area (Å²) in [5.74, 6) is -0.602. The van der Waals surface area contributed by atoms with Crippen molar-refractivity contribution in [2.75, 3.05) is 0 Å². The Balaban J connectivity index is 1.43. The maximum atomic E-state index is 12.1. The Kier molecular flexibility index (Phi) is 5.16. The molecule has 0 radical (unpaired) electrons. The van der Waals surface area contributed by atoms with Gasteiger partial charge in [-0.3, -0.25) is 9.59 Å². The number of rotatable bonds is 6. The Hall–Kier alpha value is -2.33. The Morgan fingerprint density at radius 1 is 0.875 bits per heavy atom. The second kappa shape index (κ2) is 7.49. The van der Waals surface area contributed by atoms with Crippen LogP contribution in [0.2, 0.25) is 5.02 Å². The fourth-order valence-electron chi connectivity index (χ4n) is 2.65. The summed E-state index contributed by atoms with van der Waals surface area (Å²) in [5.41, 5.74) is 1.92. The third-order valence-electron chi connectivity index (χ3n) is 4.18. The van der Waals surface area contributed by atoms with E-state index in [1.807, 2.05) is 48.5 Å². The van der Waals surface area contributed by atoms with E-state index in [1.165, 1.54) is 0 Å². The zero-order valence-electron chi connectivity index (χ0n) is 13.2. The van der Waals surface area contributed by atoms with E-state index < -0.39 is 0 Å². The lowest BCUT2D eigenvalue weighted by Gasteiger charge is -2.07. The van der Waals surface area contributed by atoms with Gasteiger partial charge in [-0.05, 0) is 23.6 Å². The molecule has 2 N–H and O–H groups in total. The van der Waals surface area contributed by atoms with Gasteiger partial charge in [-0.2, -0.15) is 0 Å². The second-order valence-corrected chi connectivity index (χ2v) is 6.37. The van der Waals surface area contributed by atoms with Crippen LogP contribution in [-0.2, 0) is 22.7 Å². The number of carbonyl (C=O) groups is 2. The molecule has 3 rings (SSSR count). The summed E-state index contributed by atoms with van der Waals surface area (Å²) in [4.78, 5) is 24.3. The van der Waals surface area contributed by atoms with Gasteiger partial charge in [-0.15, -0.1) is 0 Å². The smallest absolute Gasteiger partial charge is 0.224 e. The van der Waals surface area contributed by atoms with Crippen LogP contribution in [0.3, 0.4) is 0 Å². The second-order valence-electron chi connectivity index (χ2n) is 5.96. The van der Waals surface area contributed by atoms with Crippen LogP contribution in [0, 0.1) is 11.8 Å². The van der Waals surface area contributed by atoms with Crippen LogP contribution < -0.4 is 10.6 Å². The molecule has 1 saturated carbocycles. The van der Waals surface area contributed by atoms with Crippen LogP contribution >= 0.6 is 11.6 Å². The van der Waals surface area contributed by atoms with E-state index in [2.05, 4.69) is 10.6 Å². The minimum absolute atomic E-state index is 0.0586. The molecule has 24 heavy (non-hydrogen) atoms. The topological polar surface area (TPSA) is 58.2 Å². The Morgan fingerprint density at radius 3 is 2.12 bits per heavy atom. The van der Waals surface area contributed by atoms with Crippen LogP contribution in [0.1, 0.15) is 17.5 Å². The van der Waals surface area contributed by atoms with Gasteiger partial charge in [-0.1, -0.05) is 60.1 Å². The van der Waals surface area contributed by atoms with Gasteiger partial charge in [0.1, 0.15) is 0 Å². The van der Waals surface area contributed by atoms with Gasteiger partial charge in [-0.25, -0.2) is 0 Å². The number of halogens is 1. The average Bonchev–Trinajstić information content (AvgIpc) is 3.40. The maximum Gasteiger partial charge on any atom is 0.224 e. The molecule has 5 heteroatoms. The molecule has 0 bridgehead atoms. The van der Waals surface area contributed by atoms with E-state index in [9.17, 15) is 9.59 Å². The zero-order valence-corrected chi connectivity index (χ0v) is 13.9. The lowest BCUT2D eigenvalue weighted by Crippen LogP contribution is -2.29. The van der Waals surface area contributed by atoms with Crippen molar-refractivity contribution in [1.82, 2.24) is 10.6 Å². The molecule has 124 valence electrons. The lowest BCUT2D eigenvalue weighted by atomic mass is 10.2. The van der Waals surface area contributed by atoms with Crippen LogP contribution in [0.5, 0.6) is 0 Å². The van der Waals surface area contributed by atoms with Crippen LogP contribution in [0.15, 0.2) is 54.6 Å². The zero-order chi connectivity index (χ0) is 16.9. The minimum Gasteiger partial charge on any atom is -0.352 e. The van der Waals surface area contributed by atoms with Crippen molar-refractivity contribution >= 4 is 23.4 Å². The number of hydrogen-bond acceptors (Lipinski definition) is 2. The van der Waals surface area contributed by atoms with Crippen molar-refractivity contribution in [2.24, 2.45) is 11.8 Å². The summed E-state index contributed by atoms with van der Waals surface area (Å²) >= 11 is 6.07. The third kappa shape index (κ3) is 4.15. The first kappa shape index (κ1) is 16.5. The molecule has 2 aromatic rings. The van der Waals surface area contributed by atoms with Gasteiger partial charge in [0.25, 0.3) is 0 Å². The maximum absolute atomic E-state index is 12.1. The summed E-state index contributed by atoms with van der Waals surface area (Å²) in [6, 6.07) is 17.1. The highest BCUT2D eigenvalue weighted by Gasteiger charge is 2.47. The quantitative estimate of drug-likeness (QED) is 0.848. The largest absolute Gasteiger partial charge is 0.352 e. The highest BCUT2D eigenvalue weighted by Crippen LogP contribution is 2.38. The fraction of sp³-hybridized carbons (Fsp3) is 0.263. The van der Waals surface area contributed by atoms with Gasteiger partial charge >= 0.3 is 0 Å². The molecule has 4 nitrogen and oxygen atoms in total. The molecule has 0 spiro atoms. The number of benzene rings is 2. The molecule has 0 aliphatic heterocycles. The van der Waals surface area contributed by atoms with Gasteiger partial charge in [0.15, 0.2) is 0 Å². The predicted molar refractivity (Wildman–Crippen MR) is 93.2 cm³/mol. The molecule has 0 aromatic heterocycles. The van der Waals surface area contributed by atoms with E-state index in [-0.39, 0.29) is 23.7 Å². The number of amides is 2. The fourth-order valence-corrected chi connectivity index (χ4v) is 2.85. The molecular formula is C19H19ClN2O2. The number of hydrogen-bond donors (Lipinski definition) is 2. The highest BCUT2D eigenvalue weighted by atomic mass is 35.5. The van der Waals surface area contributed by atoms with Gasteiger partial charge in [0.2, 0.25) is 11.8 Å². The summed E-state index contributed by atoms with van der Waals surface area (Å²) in [7, 11) is 0. The molecule has 2 unspecified atom stereocenters. The monoisotopic (exact) mass is 342 g/mol. The normalized spacial score (nSPS) is 18.7. The molecule has 0 heterocycles. The molecule has 2 atom stereocenters. The van der Waals surface area contributed by atoms with E-state index in [0.29, 0.717) is 24.5 Å². The van der Waals surface area contributed by atoms with Crippen molar-refractivity contribution in [2.45, 2.75) is 19.5 Å². The predicted octanol–water partition coefficient (Wildman–Crippen LogP) is 2.91. The summed E-state index contributed by atoms with van der Waals surface area (Å²) in [6.45, 7) is 0.873. The van der Waals surface area contributed by atoms with Crippen molar-refractivity contribution in [3.05, 3.63) is 70.7 Å². The van der Waals surface area contributed by atoms with Crippen LogP contribution in [0.25, 0.3) is 0 Å². The van der Waals surface area contributed by atoms with Crippen LogP contribution in [0.4, 0.5) is 0 Å². The Bertz CT molecular complexity index is 733. The summed E-state index contributed by atoms with van der Waals surface area (Å²) in [5, 5.41) is 6.38. The van der Waals surface area contributed by atoms with E-state index in [1.54, 1.807) is 6.07 Å². The molecule has 1 aliphatic carbocycles. The van der Waals surface area contributed by atoms with E-state index in [4.69, 9.17) is 11.6 Å². The number of carbonyl (C=O) groups excluding carboxylic acids is 2. The first-order valence-corrected chi connectivity index (χ1v) is 8.35. The third-order valence-corrected chi connectivity index (χ3v) is 4.55. The highest BCUT2D eigenvalue weighted by molar-refractivity contribution is 6.31. The van der Waals surface area contributed by atoms with Crippen LogP contribution in [-0.4, -0.2) is 11.8 Å². The first-order valence-electron chi connectivity index (χ1n) is 7.98. The van der Waals surface area contributed by atoms with Gasteiger partial charge in [0, 0.05) is 18.1 Å². The molecule has 2 aromatic carbocycles. The minimum atomic E-state index is -0.233. The van der Waals surface area contributed by atoms with E-state index >= 15 is 0 Å². The van der Waals surface area contributed by atoms with Crippen molar-refractivity contribution in [3.8, 4) is 0 Å². The summed E-state index contributed by atoms with van der Waals surface area (Å²) in [6.07, 6.45) is 0.606. The number of nitrogens with one attached hydrogen (secondary N) is 2. The average molecular weight is 343 g/mol. The Morgan fingerprint density at radius 2 is 1.46 bits per heavy atom. The molecule has 2 amide bonds. The molecular weight excluding hydrogens is 324 g/mol. The van der Waals surface area contributed by atoms with Crippen molar-refractivity contribution in [3.63, 3.8) is 0 Å². The van der Waals surface area contributed by atoms with Crippen molar-refractivity contribution in [1.29, 1.82) is 0 Å². The first-order chi connectivity index (χ1) is 11.6.